The largest absolute Gasteiger partial charge is 0.348 e. The first-order valence-corrected chi connectivity index (χ1v) is 11.8. The van der Waals surface area contributed by atoms with E-state index in [4.69, 9.17) is 0 Å². The van der Waals surface area contributed by atoms with Crippen molar-refractivity contribution < 1.29 is 17.6 Å². The summed E-state index contributed by atoms with van der Waals surface area (Å²) >= 11 is 0. The van der Waals surface area contributed by atoms with E-state index >= 15 is 0 Å². The van der Waals surface area contributed by atoms with Crippen molar-refractivity contribution in [3.8, 4) is 0 Å². The van der Waals surface area contributed by atoms with Crippen LogP contribution in [0.2, 0.25) is 0 Å². The zero-order chi connectivity index (χ0) is 21.7. The van der Waals surface area contributed by atoms with Crippen molar-refractivity contribution in [1.82, 2.24) is 9.62 Å². The van der Waals surface area contributed by atoms with Gasteiger partial charge in [0.15, 0.2) is 0 Å². The van der Waals surface area contributed by atoms with Crippen LogP contribution < -0.4 is 5.32 Å². The molecule has 1 N–H and O–H groups in total. The SMILES string of the molecule is Cc1ccc(S(=O)(=O)N(CC(=O)NC(C)c2ccc(F)cc2)C2CCCCC2)cc1. The van der Waals surface area contributed by atoms with Crippen LogP contribution in [0.1, 0.15) is 56.2 Å². The first-order valence-electron chi connectivity index (χ1n) is 10.4. The summed E-state index contributed by atoms with van der Waals surface area (Å²) < 4.78 is 41.3. The highest BCUT2D eigenvalue weighted by atomic mass is 32.2. The molecule has 0 radical (unpaired) electrons. The van der Waals surface area contributed by atoms with E-state index in [9.17, 15) is 17.6 Å². The van der Waals surface area contributed by atoms with Crippen LogP contribution in [0.15, 0.2) is 53.4 Å². The molecule has 0 saturated heterocycles. The third-order valence-corrected chi connectivity index (χ3v) is 7.57. The molecule has 162 valence electrons. The van der Waals surface area contributed by atoms with Crippen LogP contribution >= 0.6 is 0 Å². The van der Waals surface area contributed by atoms with E-state index in [0.717, 1.165) is 43.2 Å². The average molecular weight is 433 g/mol. The Balaban J connectivity index is 1.79. The van der Waals surface area contributed by atoms with E-state index in [1.165, 1.54) is 16.4 Å². The zero-order valence-electron chi connectivity index (χ0n) is 17.5. The summed E-state index contributed by atoms with van der Waals surface area (Å²) in [4.78, 5) is 13.0. The minimum absolute atomic E-state index is 0.183. The Morgan fingerprint density at radius 1 is 1.07 bits per heavy atom. The average Bonchev–Trinajstić information content (AvgIpc) is 2.73. The third-order valence-electron chi connectivity index (χ3n) is 5.66. The van der Waals surface area contributed by atoms with Gasteiger partial charge < -0.3 is 5.32 Å². The number of rotatable bonds is 7. The van der Waals surface area contributed by atoms with E-state index in [0.29, 0.717) is 0 Å². The van der Waals surface area contributed by atoms with Gasteiger partial charge in [-0.05, 0) is 56.5 Å². The van der Waals surface area contributed by atoms with Gasteiger partial charge in [0.1, 0.15) is 5.82 Å². The highest BCUT2D eigenvalue weighted by Gasteiger charge is 2.34. The molecule has 1 fully saturated rings. The lowest BCUT2D eigenvalue weighted by Crippen LogP contribution is -2.47. The van der Waals surface area contributed by atoms with Gasteiger partial charge in [-0.15, -0.1) is 0 Å². The molecule has 0 heterocycles. The number of carbonyl (C=O) groups is 1. The highest BCUT2D eigenvalue weighted by Crippen LogP contribution is 2.28. The van der Waals surface area contributed by atoms with Gasteiger partial charge in [-0.1, -0.05) is 49.1 Å². The molecule has 5 nitrogen and oxygen atoms in total. The Morgan fingerprint density at radius 2 is 1.67 bits per heavy atom. The van der Waals surface area contributed by atoms with E-state index in [1.54, 1.807) is 43.3 Å². The molecular weight excluding hydrogens is 403 g/mol. The smallest absolute Gasteiger partial charge is 0.243 e. The molecule has 2 aromatic rings. The number of sulfonamides is 1. The van der Waals surface area contributed by atoms with E-state index in [-0.39, 0.29) is 35.2 Å². The second-order valence-corrected chi connectivity index (χ2v) is 9.89. The first-order chi connectivity index (χ1) is 14.3. The zero-order valence-corrected chi connectivity index (χ0v) is 18.3. The molecule has 0 aromatic heterocycles. The maximum absolute atomic E-state index is 13.4. The van der Waals surface area contributed by atoms with Gasteiger partial charge in [0.25, 0.3) is 0 Å². The molecule has 0 aliphatic heterocycles. The fraction of sp³-hybridized carbons (Fsp3) is 0.435. The number of amides is 1. The Morgan fingerprint density at radius 3 is 2.27 bits per heavy atom. The monoisotopic (exact) mass is 432 g/mol. The lowest BCUT2D eigenvalue weighted by Gasteiger charge is -2.33. The molecule has 1 unspecified atom stereocenters. The van der Waals surface area contributed by atoms with Gasteiger partial charge in [-0.2, -0.15) is 4.31 Å². The van der Waals surface area contributed by atoms with Gasteiger partial charge in [0.2, 0.25) is 15.9 Å². The molecule has 1 aliphatic carbocycles. The van der Waals surface area contributed by atoms with Crippen molar-refractivity contribution >= 4 is 15.9 Å². The summed E-state index contributed by atoms with van der Waals surface area (Å²) in [5.74, 6) is -0.710. The minimum Gasteiger partial charge on any atom is -0.348 e. The number of hydrogen-bond donors (Lipinski definition) is 1. The Bertz CT molecular complexity index is 953. The summed E-state index contributed by atoms with van der Waals surface area (Å²) in [6, 6.07) is 12.1. The second kappa shape index (κ2) is 9.71. The molecule has 1 saturated carbocycles. The van der Waals surface area contributed by atoms with Crippen LogP contribution in [0.5, 0.6) is 0 Å². The Kier molecular flexibility index (Phi) is 7.26. The lowest BCUT2D eigenvalue weighted by molar-refractivity contribution is -0.122. The topological polar surface area (TPSA) is 66.5 Å². The summed E-state index contributed by atoms with van der Waals surface area (Å²) in [6.45, 7) is 3.47. The minimum atomic E-state index is -3.80. The first kappa shape index (κ1) is 22.4. The van der Waals surface area contributed by atoms with Crippen LogP contribution in [-0.4, -0.2) is 31.2 Å². The molecule has 7 heteroatoms. The maximum Gasteiger partial charge on any atom is 0.243 e. The summed E-state index contributed by atoms with van der Waals surface area (Å²) in [6.07, 6.45) is 4.51. The summed E-state index contributed by atoms with van der Waals surface area (Å²) in [5, 5.41) is 2.85. The van der Waals surface area contributed by atoms with Crippen LogP contribution in [0.4, 0.5) is 4.39 Å². The molecule has 1 atom stereocenters. The van der Waals surface area contributed by atoms with Crippen molar-refractivity contribution in [3.05, 3.63) is 65.5 Å². The summed E-state index contributed by atoms with van der Waals surface area (Å²) in [7, 11) is -3.80. The number of carbonyl (C=O) groups excluding carboxylic acids is 1. The van der Waals surface area contributed by atoms with Crippen LogP contribution in [0, 0.1) is 12.7 Å². The van der Waals surface area contributed by atoms with Crippen LogP contribution in [-0.2, 0) is 14.8 Å². The van der Waals surface area contributed by atoms with Crippen LogP contribution in [0.3, 0.4) is 0 Å². The number of benzene rings is 2. The number of hydrogen-bond acceptors (Lipinski definition) is 3. The fourth-order valence-corrected chi connectivity index (χ4v) is 5.53. The van der Waals surface area contributed by atoms with Gasteiger partial charge in [-0.3, -0.25) is 4.79 Å². The molecule has 1 aliphatic rings. The van der Waals surface area contributed by atoms with Crippen molar-refractivity contribution in [1.29, 1.82) is 0 Å². The van der Waals surface area contributed by atoms with E-state index < -0.39 is 10.0 Å². The van der Waals surface area contributed by atoms with Crippen molar-refractivity contribution in [2.24, 2.45) is 0 Å². The van der Waals surface area contributed by atoms with Gasteiger partial charge >= 0.3 is 0 Å². The van der Waals surface area contributed by atoms with Gasteiger partial charge in [0.05, 0.1) is 17.5 Å². The quantitative estimate of drug-likeness (QED) is 0.708. The molecule has 2 aromatic carbocycles. The molecule has 0 bridgehead atoms. The number of aryl methyl sites for hydroxylation is 1. The fourth-order valence-electron chi connectivity index (χ4n) is 3.89. The molecule has 3 rings (SSSR count). The number of nitrogens with one attached hydrogen (secondary N) is 1. The Hall–Kier alpha value is -2.25. The summed E-state index contributed by atoms with van der Waals surface area (Å²) in [5.41, 5.74) is 1.74. The molecule has 1 amide bonds. The third kappa shape index (κ3) is 5.46. The highest BCUT2D eigenvalue weighted by molar-refractivity contribution is 7.89. The number of halogens is 1. The van der Waals surface area contributed by atoms with E-state index in [2.05, 4.69) is 5.32 Å². The molecular formula is C23H29FN2O3S. The standard InChI is InChI=1S/C23H29FN2O3S/c1-17-8-14-22(15-9-17)30(28,29)26(21-6-4-3-5-7-21)16-23(27)25-18(2)19-10-12-20(24)13-11-19/h8-15,18,21H,3-7,16H2,1-2H3,(H,25,27). The van der Waals surface area contributed by atoms with Gasteiger partial charge in [0, 0.05) is 6.04 Å². The second-order valence-electron chi connectivity index (χ2n) is 8.00. The Labute approximate surface area is 178 Å². The van der Waals surface area contributed by atoms with Crippen molar-refractivity contribution in [3.63, 3.8) is 0 Å². The molecule has 0 spiro atoms. The van der Waals surface area contributed by atoms with E-state index in [1.807, 2.05) is 6.92 Å². The van der Waals surface area contributed by atoms with Crippen molar-refractivity contribution in [2.45, 2.75) is 62.9 Å². The van der Waals surface area contributed by atoms with Crippen LogP contribution in [0.25, 0.3) is 0 Å². The molecule has 30 heavy (non-hydrogen) atoms. The number of nitrogens with zero attached hydrogens (tertiary/aromatic N) is 1. The lowest BCUT2D eigenvalue weighted by atomic mass is 9.95. The van der Waals surface area contributed by atoms with Crippen molar-refractivity contribution in [2.75, 3.05) is 6.54 Å². The normalized spacial score (nSPS) is 16.4. The predicted octanol–water partition coefficient (Wildman–Crippen LogP) is 4.33. The van der Waals surface area contributed by atoms with Gasteiger partial charge in [-0.25, -0.2) is 12.8 Å². The predicted molar refractivity (Wildman–Crippen MR) is 115 cm³/mol. The maximum atomic E-state index is 13.4.